The molecule has 162 valence electrons. The van der Waals surface area contributed by atoms with Crippen LogP contribution >= 0.6 is 0 Å². The Morgan fingerprint density at radius 3 is 1.94 bits per heavy atom. The number of carbonyl (C=O) groups is 1. The van der Waals surface area contributed by atoms with Crippen LogP contribution in [0.25, 0.3) is 11.1 Å². The van der Waals surface area contributed by atoms with E-state index in [1.54, 1.807) is 0 Å². The predicted octanol–water partition coefficient (Wildman–Crippen LogP) is 1.27. The third-order valence-corrected chi connectivity index (χ3v) is 8.15. The SMILES string of the molecule is O=C1C(c2cc3c4c(c2)CCCN4CCC3)=C([O-])C1=c1cc2c3c(c1)CCC[N+]=3CCC2. The number of anilines is 1. The second-order valence-corrected chi connectivity index (χ2v) is 10.1. The smallest absolute Gasteiger partial charge is 0.206 e. The van der Waals surface area contributed by atoms with Crippen LogP contribution in [0.4, 0.5) is 5.69 Å². The van der Waals surface area contributed by atoms with E-state index in [0.29, 0.717) is 11.1 Å². The lowest BCUT2D eigenvalue weighted by molar-refractivity contribution is -0.292. The Labute approximate surface area is 188 Å². The highest BCUT2D eigenvalue weighted by Crippen LogP contribution is 2.41. The zero-order valence-corrected chi connectivity index (χ0v) is 18.5. The molecule has 4 aliphatic heterocycles. The number of hydrogen-bond donors (Lipinski definition) is 0. The number of ketones is 1. The number of benzene rings is 2. The van der Waals surface area contributed by atoms with E-state index in [2.05, 4.69) is 33.7 Å². The van der Waals surface area contributed by atoms with E-state index >= 15 is 0 Å². The van der Waals surface area contributed by atoms with Crippen molar-refractivity contribution < 1.29 is 9.90 Å². The molecule has 4 heterocycles. The van der Waals surface area contributed by atoms with Crippen molar-refractivity contribution in [2.45, 2.75) is 51.4 Å². The Hall–Kier alpha value is -2.88. The molecule has 4 heteroatoms. The number of carbonyl (C=O) groups excluding carboxylic acids is 1. The lowest BCUT2D eigenvalue weighted by Gasteiger charge is -2.38. The second-order valence-electron chi connectivity index (χ2n) is 10.1. The van der Waals surface area contributed by atoms with Crippen molar-refractivity contribution in [1.29, 1.82) is 0 Å². The zero-order valence-electron chi connectivity index (χ0n) is 18.5. The maximum Gasteiger partial charge on any atom is 0.206 e. The number of Topliss-reactive ketones (excluding diaryl/α,β-unsaturated/α-hetero) is 1. The van der Waals surface area contributed by atoms with Crippen molar-refractivity contribution in [3.8, 4) is 0 Å². The van der Waals surface area contributed by atoms with E-state index in [9.17, 15) is 9.90 Å². The summed E-state index contributed by atoms with van der Waals surface area (Å²) in [5.41, 5.74) is 8.35. The minimum Gasteiger partial charge on any atom is -0.871 e. The molecule has 4 nitrogen and oxygen atoms in total. The normalized spacial score (nSPS) is 21.4. The van der Waals surface area contributed by atoms with E-state index in [-0.39, 0.29) is 11.5 Å². The van der Waals surface area contributed by atoms with Crippen LogP contribution in [-0.2, 0) is 30.5 Å². The summed E-state index contributed by atoms with van der Waals surface area (Å²) >= 11 is 0. The Morgan fingerprint density at radius 1 is 0.750 bits per heavy atom. The van der Waals surface area contributed by atoms with E-state index in [1.165, 1.54) is 33.3 Å². The van der Waals surface area contributed by atoms with Gasteiger partial charge in [-0.25, -0.2) is 4.58 Å². The fourth-order valence-corrected chi connectivity index (χ4v) is 6.81. The van der Waals surface area contributed by atoms with Gasteiger partial charge in [-0.2, -0.15) is 0 Å². The molecule has 0 saturated carbocycles. The quantitative estimate of drug-likeness (QED) is 0.648. The summed E-state index contributed by atoms with van der Waals surface area (Å²) in [6.45, 7) is 4.52. The van der Waals surface area contributed by atoms with E-state index in [1.807, 2.05) is 0 Å². The van der Waals surface area contributed by atoms with E-state index in [0.717, 1.165) is 88.3 Å². The second kappa shape index (κ2) is 6.81. The summed E-state index contributed by atoms with van der Waals surface area (Å²) in [4.78, 5) is 15.8. The molecule has 0 spiro atoms. The van der Waals surface area contributed by atoms with Crippen molar-refractivity contribution in [3.63, 3.8) is 0 Å². The van der Waals surface area contributed by atoms with Gasteiger partial charge in [0.05, 0.1) is 0 Å². The molecule has 0 N–H and O–H groups in total. The van der Waals surface area contributed by atoms with Gasteiger partial charge in [0.1, 0.15) is 13.1 Å². The summed E-state index contributed by atoms with van der Waals surface area (Å²) in [6.07, 6.45) is 8.79. The Morgan fingerprint density at radius 2 is 1.34 bits per heavy atom. The van der Waals surface area contributed by atoms with Crippen LogP contribution in [0, 0.1) is 0 Å². The first kappa shape index (κ1) is 18.7. The van der Waals surface area contributed by atoms with Crippen LogP contribution in [0.2, 0.25) is 0 Å². The fourth-order valence-electron chi connectivity index (χ4n) is 6.81. The van der Waals surface area contributed by atoms with Crippen LogP contribution < -0.4 is 25.2 Å². The van der Waals surface area contributed by atoms with Crippen LogP contribution in [0.5, 0.6) is 0 Å². The first-order valence-corrected chi connectivity index (χ1v) is 12.3. The summed E-state index contributed by atoms with van der Waals surface area (Å²) in [5.74, 6) is -0.109. The van der Waals surface area contributed by atoms with Crippen molar-refractivity contribution in [2.75, 3.05) is 31.1 Å². The number of allylic oxidation sites excluding steroid dienone is 2. The summed E-state index contributed by atoms with van der Waals surface area (Å²) in [6, 6.07) is 8.53. The number of aryl methyl sites for hydroxylation is 4. The van der Waals surface area contributed by atoms with Crippen molar-refractivity contribution in [2.24, 2.45) is 0 Å². The highest BCUT2D eigenvalue weighted by atomic mass is 16.3. The van der Waals surface area contributed by atoms with Gasteiger partial charge >= 0.3 is 0 Å². The van der Waals surface area contributed by atoms with Gasteiger partial charge in [0.2, 0.25) is 5.36 Å². The van der Waals surface area contributed by atoms with Gasteiger partial charge in [-0.15, -0.1) is 0 Å². The summed E-state index contributed by atoms with van der Waals surface area (Å²) in [5, 5.41) is 15.6. The van der Waals surface area contributed by atoms with Crippen LogP contribution in [0.15, 0.2) is 30.0 Å². The highest BCUT2D eigenvalue weighted by molar-refractivity contribution is 6.51. The van der Waals surface area contributed by atoms with Gasteiger partial charge in [-0.3, -0.25) is 4.79 Å². The highest BCUT2D eigenvalue weighted by Gasteiger charge is 2.32. The lowest BCUT2D eigenvalue weighted by atomic mass is 9.79. The molecule has 32 heavy (non-hydrogen) atoms. The average Bonchev–Trinajstić information content (AvgIpc) is 2.80. The maximum atomic E-state index is 13.3. The molecule has 1 aliphatic carbocycles. The largest absolute Gasteiger partial charge is 0.871 e. The minimum absolute atomic E-state index is 0.0544. The third kappa shape index (κ3) is 2.55. The predicted molar refractivity (Wildman–Crippen MR) is 124 cm³/mol. The Balaban J connectivity index is 1.39. The number of hydrogen-bond acceptors (Lipinski definition) is 3. The standard InChI is InChI=1S/C28H28N2O2/c31-27-23(21-13-17-5-1-9-29-10-2-6-18(14-21)25(17)29)28(32)24(27)22-15-19-7-3-11-30-12-4-8-20(16-22)26(19)30/h13-16H,1-12H2. The van der Waals surface area contributed by atoms with Gasteiger partial charge in [0.15, 0.2) is 5.78 Å². The van der Waals surface area contributed by atoms with Crippen LogP contribution in [0.1, 0.15) is 53.5 Å². The molecule has 5 aliphatic rings. The molecule has 0 saturated heterocycles. The van der Waals surface area contributed by atoms with Crippen molar-refractivity contribution in [3.05, 3.63) is 68.4 Å². The topological polar surface area (TPSA) is 46.4 Å². The molecular formula is C28H28N2O2. The minimum atomic E-state index is -0.0544. The fraction of sp³-hybridized carbons (Fsp3) is 0.429. The van der Waals surface area contributed by atoms with Crippen molar-refractivity contribution in [1.82, 2.24) is 4.58 Å². The lowest BCUT2D eigenvalue weighted by Crippen LogP contribution is -2.45. The molecule has 0 radical (unpaired) electrons. The molecule has 0 unspecified atom stereocenters. The molecule has 0 atom stereocenters. The molecular weight excluding hydrogens is 396 g/mol. The first-order valence-electron chi connectivity index (χ1n) is 12.3. The van der Waals surface area contributed by atoms with Crippen LogP contribution in [0.3, 0.4) is 0 Å². The Bertz CT molecular complexity index is 1290. The third-order valence-electron chi connectivity index (χ3n) is 8.15. The molecule has 0 bridgehead atoms. The van der Waals surface area contributed by atoms with Gasteiger partial charge in [0, 0.05) is 53.9 Å². The molecule has 0 aromatic heterocycles. The summed E-state index contributed by atoms with van der Waals surface area (Å²) < 4.78 is 2.50. The summed E-state index contributed by atoms with van der Waals surface area (Å²) in [7, 11) is 0. The number of nitrogens with zero attached hydrogens (tertiary/aromatic N) is 2. The van der Waals surface area contributed by atoms with Crippen LogP contribution in [-0.4, -0.2) is 32.0 Å². The Kier molecular flexibility index (Phi) is 3.97. The number of rotatable bonds is 1. The molecule has 7 rings (SSSR count). The zero-order chi connectivity index (χ0) is 21.4. The average molecular weight is 425 g/mol. The van der Waals surface area contributed by atoms with Gasteiger partial charge < -0.3 is 10.0 Å². The van der Waals surface area contributed by atoms with Gasteiger partial charge in [-0.1, -0.05) is 5.76 Å². The maximum absolute atomic E-state index is 13.3. The molecule has 2 aromatic rings. The molecule has 2 aromatic carbocycles. The monoisotopic (exact) mass is 424 g/mol. The first-order chi connectivity index (χ1) is 15.7. The van der Waals surface area contributed by atoms with Gasteiger partial charge in [0.25, 0.3) is 0 Å². The van der Waals surface area contributed by atoms with Crippen molar-refractivity contribution >= 4 is 22.6 Å². The molecule has 0 fully saturated rings. The van der Waals surface area contributed by atoms with E-state index < -0.39 is 0 Å². The molecule has 0 amide bonds. The van der Waals surface area contributed by atoms with Gasteiger partial charge in [-0.05, 0) is 84.7 Å². The van der Waals surface area contributed by atoms with E-state index in [4.69, 9.17) is 0 Å².